The molecule has 0 saturated heterocycles. The van der Waals surface area contributed by atoms with Crippen LogP contribution in [0.2, 0.25) is 5.15 Å². The Balaban J connectivity index is 2.61. The van der Waals surface area contributed by atoms with E-state index in [4.69, 9.17) is 11.6 Å². The number of rotatable bonds is 3. The fourth-order valence-corrected chi connectivity index (χ4v) is 2.34. The summed E-state index contributed by atoms with van der Waals surface area (Å²) in [5.41, 5.74) is 3.91. The van der Waals surface area contributed by atoms with E-state index in [1.54, 1.807) is 4.52 Å². The number of aryl methyl sites for hydroxylation is 1. The van der Waals surface area contributed by atoms with Crippen molar-refractivity contribution in [1.29, 1.82) is 0 Å². The highest BCUT2D eigenvalue weighted by Crippen LogP contribution is 2.25. The van der Waals surface area contributed by atoms with Crippen LogP contribution in [0.3, 0.4) is 0 Å². The normalized spacial score (nSPS) is 11.6. The molecule has 0 aliphatic heterocycles. The van der Waals surface area contributed by atoms with Crippen LogP contribution in [-0.4, -0.2) is 14.6 Å². The molecule has 0 unspecified atom stereocenters. The van der Waals surface area contributed by atoms with Gasteiger partial charge in [-0.3, -0.25) is 0 Å². The van der Waals surface area contributed by atoms with Crippen molar-refractivity contribution in [2.24, 2.45) is 0 Å². The fourth-order valence-electron chi connectivity index (χ4n) is 2.08. The highest BCUT2D eigenvalue weighted by atomic mass is 35.5. The van der Waals surface area contributed by atoms with E-state index in [0.29, 0.717) is 11.1 Å². The Morgan fingerprint density at radius 2 is 1.94 bits per heavy atom. The first kappa shape index (κ1) is 12.4. The van der Waals surface area contributed by atoms with E-state index >= 15 is 0 Å². The molecule has 0 bridgehead atoms. The first-order chi connectivity index (χ1) is 8.08. The highest BCUT2D eigenvalue weighted by Gasteiger charge is 2.15. The molecule has 0 amide bonds. The van der Waals surface area contributed by atoms with Crippen LogP contribution in [0, 0.1) is 13.8 Å². The maximum absolute atomic E-state index is 6.30. The lowest BCUT2D eigenvalue weighted by Crippen LogP contribution is -2.00. The van der Waals surface area contributed by atoms with Crippen molar-refractivity contribution >= 4 is 17.2 Å². The molecule has 0 aliphatic rings. The van der Waals surface area contributed by atoms with Crippen LogP contribution in [0.1, 0.15) is 49.6 Å². The molecule has 0 aliphatic carbocycles. The third kappa shape index (κ3) is 2.04. The number of hydrogen-bond donors (Lipinski definition) is 0. The van der Waals surface area contributed by atoms with Crippen LogP contribution >= 0.6 is 11.6 Å². The van der Waals surface area contributed by atoms with Gasteiger partial charge in [-0.2, -0.15) is 5.10 Å². The summed E-state index contributed by atoms with van der Waals surface area (Å²) in [5, 5.41) is 5.25. The topological polar surface area (TPSA) is 30.2 Å². The van der Waals surface area contributed by atoms with Gasteiger partial charge in [0.1, 0.15) is 5.15 Å². The third-order valence-electron chi connectivity index (χ3n) is 3.43. The zero-order valence-corrected chi connectivity index (χ0v) is 11.5. The van der Waals surface area contributed by atoms with E-state index in [1.165, 1.54) is 0 Å². The Morgan fingerprint density at radius 3 is 2.53 bits per heavy atom. The number of aromatic nitrogens is 3. The van der Waals surface area contributed by atoms with Gasteiger partial charge in [-0.15, -0.1) is 0 Å². The van der Waals surface area contributed by atoms with Crippen molar-refractivity contribution in [2.45, 2.75) is 46.5 Å². The van der Waals surface area contributed by atoms with Gasteiger partial charge in [0, 0.05) is 23.2 Å². The molecule has 2 rings (SSSR count). The van der Waals surface area contributed by atoms with Crippen LogP contribution in [0.4, 0.5) is 0 Å². The smallest absolute Gasteiger partial charge is 0.157 e. The molecule has 0 atom stereocenters. The van der Waals surface area contributed by atoms with E-state index in [-0.39, 0.29) is 0 Å². The van der Waals surface area contributed by atoms with E-state index in [9.17, 15) is 0 Å². The molecular weight excluding hydrogens is 234 g/mol. The standard InChI is InChI=1S/C13H18ClN3/c1-5-10(6-2)11-7-12-15-9(4)8(3)13(14)17(12)16-11/h7,10H,5-6H2,1-4H3. The predicted octanol–water partition coefficient (Wildman–Crippen LogP) is 3.90. The molecule has 0 N–H and O–H groups in total. The first-order valence-corrected chi connectivity index (χ1v) is 6.48. The van der Waals surface area contributed by atoms with Gasteiger partial charge in [-0.25, -0.2) is 9.50 Å². The average Bonchev–Trinajstić information content (AvgIpc) is 2.72. The Hall–Kier alpha value is -1.09. The largest absolute Gasteiger partial charge is 0.233 e. The molecule has 0 fully saturated rings. The lowest BCUT2D eigenvalue weighted by Gasteiger charge is -2.07. The summed E-state index contributed by atoms with van der Waals surface area (Å²) in [4.78, 5) is 4.52. The van der Waals surface area contributed by atoms with Gasteiger partial charge in [0.05, 0.1) is 5.69 Å². The van der Waals surface area contributed by atoms with Crippen molar-refractivity contribution in [2.75, 3.05) is 0 Å². The van der Waals surface area contributed by atoms with E-state index in [1.807, 2.05) is 13.8 Å². The van der Waals surface area contributed by atoms with Gasteiger partial charge in [-0.05, 0) is 26.7 Å². The molecule has 2 aromatic heterocycles. The van der Waals surface area contributed by atoms with Gasteiger partial charge in [-0.1, -0.05) is 25.4 Å². The monoisotopic (exact) mass is 251 g/mol. The summed E-state index contributed by atoms with van der Waals surface area (Å²) >= 11 is 6.30. The van der Waals surface area contributed by atoms with Gasteiger partial charge in [0.25, 0.3) is 0 Å². The molecule has 2 aromatic rings. The Kier molecular flexibility index (Phi) is 3.38. The molecule has 0 spiro atoms. The van der Waals surface area contributed by atoms with E-state index in [2.05, 4.69) is 30.0 Å². The number of nitrogens with zero attached hydrogens (tertiary/aromatic N) is 3. The predicted molar refractivity (Wildman–Crippen MR) is 70.8 cm³/mol. The van der Waals surface area contributed by atoms with E-state index in [0.717, 1.165) is 35.4 Å². The zero-order chi connectivity index (χ0) is 12.6. The van der Waals surface area contributed by atoms with Crippen LogP contribution < -0.4 is 0 Å². The number of fused-ring (bicyclic) bond motifs is 1. The van der Waals surface area contributed by atoms with Crippen LogP contribution in [-0.2, 0) is 0 Å². The first-order valence-electron chi connectivity index (χ1n) is 6.10. The fraction of sp³-hybridized carbons (Fsp3) is 0.538. The Labute approximate surface area is 107 Å². The van der Waals surface area contributed by atoms with E-state index < -0.39 is 0 Å². The lowest BCUT2D eigenvalue weighted by atomic mass is 10.00. The van der Waals surface area contributed by atoms with Crippen LogP contribution in [0.25, 0.3) is 5.65 Å². The zero-order valence-electron chi connectivity index (χ0n) is 10.8. The summed E-state index contributed by atoms with van der Waals surface area (Å²) in [6.07, 6.45) is 2.19. The van der Waals surface area contributed by atoms with Gasteiger partial charge in [0.2, 0.25) is 0 Å². The van der Waals surface area contributed by atoms with Crippen molar-refractivity contribution in [3.8, 4) is 0 Å². The average molecular weight is 252 g/mol. The van der Waals surface area contributed by atoms with Gasteiger partial charge in [0.15, 0.2) is 5.65 Å². The third-order valence-corrected chi connectivity index (χ3v) is 3.88. The maximum atomic E-state index is 6.30. The second kappa shape index (κ2) is 4.65. The molecule has 0 saturated carbocycles. The molecule has 0 aromatic carbocycles. The Bertz CT molecular complexity index is 541. The van der Waals surface area contributed by atoms with Gasteiger partial charge >= 0.3 is 0 Å². The SMILES string of the molecule is CCC(CC)c1cc2nc(C)c(C)c(Cl)n2n1. The maximum Gasteiger partial charge on any atom is 0.157 e. The van der Waals surface area contributed by atoms with Crippen LogP contribution in [0.5, 0.6) is 0 Å². The van der Waals surface area contributed by atoms with Crippen LogP contribution in [0.15, 0.2) is 6.07 Å². The number of hydrogen-bond acceptors (Lipinski definition) is 2. The Morgan fingerprint density at radius 1 is 1.29 bits per heavy atom. The molecule has 92 valence electrons. The number of halogens is 1. The second-order valence-electron chi connectivity index (χ2n) is 4.47. The highest BCUT2D eigenvalue weighted by molar-refractivity contribution is 6.30. The minimum absolute atomic E-state index is 0.494. The molecule has 0 radical (unpaired) electrons. The van der Waals surface area contributed by atoms with Crippen molar-refractivity contribution in [3.05, 3.63) is 28.2 Å². The van der Waals surface area contributed by atoms with Crippen molar-refractivity contribution in [1.82, 2.24) is 14.6 Å². The molecular formula is C13H18ClN3. The van der Waals surface area contributed by atoms with Crippen molar-refractivity contribution < 1.29 is 0 Å². The lowest BCUT2D eigenvalue weighted by molar-refractivity contribution is 0.616. The minimum Gasteiger partial charge on any atom is -0.233 e. The quantitative estimate of drug-likeness (QED) is 0.775. The van der Waals surface area contributed by atoms with Crippen molar-refractivity contribution in [3.63, 3.8) is 0 Å². The van der Waals surface area contributed by atoms with Gasteiger partial charge < -0.3 is 0 Å². The molecule has 17 heavy (non-hydrogen) atoms. The summed E-state index contributed by atoms with van der Waals surface area (Å²) in [6, 6.07) is 2.05. The summed E-state index contributed by atoms with van der Waals surface area (Å²) in [6.45, 7) is 8.32. The minimum atomic E-state index is 0.494. The molecule has 4 heteroatoms. The molecule has 3 nitrogen and oxygen atoms in total. The summed E-state index contributed by atoms with van der Waals surface area (Å²) in [5.74, 6) is 0.494. The second-order valence-corrected chi connectivity index (χ2v) is 4.82. The molecule has 2 heterocycles. The summed E-state index contributed by atoms with van der Waals surface area (Å²) in [7, 11) is 0. The summed E-state index contributed by atoms with van der Waals surface area (Å²) < 4.78 is 1.75.